The molecule has 1 aliphatic heterocycles. The van der Waals surface area contributed by atoms with E-state index in [4.69, 9.17) is 10.7 Å². The summed E-state index contributed by atoms with van der Waals surface area (Å²) in [6.07, 6.45) is 4.96. The van der Waals surface area contributed by atoms with E-state index in [1.807, 2.05) is 5.38 Å². The van der Waals surface area contributed by atoms with E-state index in [0.29, 0.717) is 12.2 Å². The van der Waals surface area contributed by atoms with Gasteiger partial charge in [-0.2, -0.15) is 0 Å². The van der Waals surface area contributed by atoms with Crippen LogP contribution in [-0.2, 0) is 13.1 Å². The average molecular weight is 506 g/mol. The molecular formula is C29H39N5OS. The summed E-state index contributed by atoms with van der Waals surface area (Å²) >= 11 is 1.54. The number of nitrogens with zero attached hydrogens (tertiary/aromatic N) is 3. The van der Waals surface area contributed by atoms with Gasteiger partial charge in [-0.15, -0.1) is 11.3 Å². The first-order valence-electron chi connectivity index (χ1n) is 13.1. The number of rotatable bonds is 10. The van der Waals surface area contributed by atoms with Gasteiger partial charge in [-0.25, -0.2) is 4.99 Å². The maximum atomic E-state index is 13.4. The van der Waals surface area contributed by atoms with Crippen LogP contribution in [0.25, 0.3) is 0 Å². The molecule has 0 radical (unpaired) electrons. The summed E-state index contributed by atoms with van der Waals surface area (Å²) in [6.45, 7) is 8.61. The van der Waals surface area contributed by atoms with Crippen LogP contribution >= 0.6 is 11.3 Å². The van der Waals surface area contributed by atoms with E-state index in [1.165, 1.54) is 16.7 Å². The molecule has 1 aromatic heterocycles. The molecule has 0 aliphatic carbocycles. The van der Waals surface area contributed by atoms with Crippen LogP contribution in [0.4, 0.5) is 5.69 Å². The zero-order valence-corrected chi connectivity index (χ0v) is 22.4. The Morgan fingerprint density at radius 1 is 1.06 bits per heavy atom. The Morgan fingerprint density at radius 3 is 2.47 bits per heavy atom. The lowest BCUT2D eigenvalue weighted by atomic mass is 10.0. The van der Waals surface area contributed by atoms with Gasteiger partial charge in [0.1, 0.15) is 5.69 Å². The number of hydrogen-bond donors (Lipinski definition) is 2. The van der Waals surface area contributed by atoms with Gasteiger partial charge >= 0.3 is 0 Å². The average Bonchev–Trinajstić information content (AvgIpc) is 3.25. The predicted molar refractivity (Wildman–Crippen MR) is 149 cm³/mol. The van der Waals surface area contributed by atoms with Crippen LogP contribution in [0.15, 0.2) is 58.9 Å². The number of likely N-dealkylation sites (tertiary alicyclic amines) is 1. The fraction of sp³-hybridized carbons (Fsp3) is 0.448. The number of benzene rings is 2. The maximum Gasteiger partial charge on any atom is 0.269 e. The number of thiazole rings is 1. The van der Waals surface area contributed by atoms with E-state index in [1.54, 1.807) is 11.3 Å². The Bertz CT molecular complexity index is 1170. The van der Waals surface area contributed by atoms with Gasteiger partial charge in [0.15, 0.2) is 4.80 Å². The fourth-order valence-electron chi connectivity index (χ4n) is 4.87. The highest BCUT2D eigenvalue weighted by Crippen LogP contribution is 2.18. The molecule has 7 heteroatoms. The molecule has 0 unspecified atom stereocenters. The molecule has 6 nitrogen and oxygen atoms in total. The summed E-state index contributed by atoms with van der Waals surface area (Å²) < 4.78 is 2.10. The third-order valence-corrected chi connectivity index (χ3v) is 7.58. The van der Waals surface area contributed by atoms with Crippen LogP contribution in [0.5, 0.6) is 0 Å². The van der Waals surface area contributed by atoms with Gasteiger partial charge in [0.25, 0.3) is 5.91 Å². The van der Waals surface area contributed by atoms with Crippen molar-refractivity contribution in [2.75, 3.05) is 19.6 Å². The van der Waals surface area contributed by atoms with Crippen LogP contribution in [0.1, 0.15) is 59.3 Å². The summed E-state index contributed by atoms with van der Waals surface area (Å²) in [5.74, 6) is 0.00783. The van der Waals surface area contributed by atoms with Crippen molar-refractivity contribution in [2.24, 2.45) is 10.7 Å². The number of nitrogens with one attached hydrogen (secondary N) is 1. The monoisotopic (exact) mass is 505 g/mol. The highest BCUT2D eigenvalue weighted by atomic mass is 32.1. The van der Waals surface area contributed by atoms with Crippen LogP contribution in [0, 0.1) is 13.8 Å². The van der Waals surface area contributed by atoms with Crippen molar-refractivity contribution < 1.29 is 4.79 Å². The standard InChI is InChI=1S/C29H39N5OS/c1-22-17-23(2)19-26(18-22)32-29-34(14-8-4-7-13-30)27(21-36-29)28(35)31-25-11-15-33(16-12-25)20-24-9-5-3-6-10-24/h3,5-6,9-10,17-19,21,25H,4,7-8,11-16,20,30H2,1-2H3,(H,31,35)/b32-29-. The molecule has 2 aromatic carbocycles. The van der Waals surface area contributed by atoms with Gasteiger partial charge in [0.2, 0.25) is 0 Å². The van der Waals surface area contributed by atoms with Gasteiger partial charge < -0.3 is 15.6 Å². The van der Waals surface area contributed by atoms with Crippen LogP contribution in [-0.4, -0.2) is 41.1 Å². The van der Waals surface area contributed by atoms with Crippen molar-refractivity contribution in [1.82, 2.24) is 14.8 Å². The Hall–Kier alpha value is -2.74. The molecule has 4 rings (SSSR count). The van der Waals surface area contributed by atoms with Gasteiger partial charge in [-0.05, 0) is 74.9 Å². The number of unbranched alkanes of at least 4 members (excludes halogenated alkanes) is 2. The molecule has 36 heavy (non-hydrogen) atoms. The predicted octanol–water partition coefficient (Wildman–Crippen LogP) is 4.92. The van der Waals surface area contributed by atoms with E-state index >= 15 is 0 Å². The number of nitrogens with two attached hydrogens (primary N) is 1. The molecule has 1 saturated heterocycles. The molecule has 1 aliphatic rings. The van der Waals surface area contributed by atoms with Gasteiger partial charge in [0, 0.05) is 37.6 Å². The quantitative estimate of drug-likeness (QED) is 0.384. The molecule has 2 heterocycles. The molecule has 3 N–H and O–H groups in total. The van der Waals surface area contributed by atoms with Crippen LogP contribution in [0.3, 0.4) is 0 Å². The lowest BCUT2D eigenvalue weighted by Crippen LogP contribution is -2.45. The number of carbonyl (C=O) groups excluding carboxylic acids is 1. The van der Waals surface area contributed by atoms with E-state index in [0.717, 1.165) is 68.8 Å². The molecule has 1 amide bonds. The summed E-state index contributed by atoms with van der Waals surface area (Å²) in [7, 11) is 0. The molecule has 0 saturated carbocycles. The first kappa shape index (κ1) is 26.3. The SMILES string of the molecule is Cc1cc(C)cc(/N=c2\scc(C(=O)NC3CCN(Cc4ccccc4)CC3)n2CCCCCN)c1. The number of hydrogen-bond acceptors (Lipinski definition) is 5. The van der Waals surface area contributed by atoms with E-state index in [2.05, 4.69) is 77.2 Å². The lowest BCUT2D eigenvalue weighted by molar-refractivity contribution is 0.0899. The van der Waals surface area contributed by atoms with E-state index in [-0.39, 0.29) is 11.9 Å². The zero-order chi connectivity index (χ0) is 25.3. The second-order valence-corrected chi connectivity index (χ2v) is 10.7. The molecule has 192 valence electrons. The van der Waals surface area contributed by atoms with Crippen LogP contribution < -0.4 is 15.9 Å². The molecule has 3 aromatic rings. The number of carbonyl (C=O) groups is 1. The lowest BCUT2D eigenvalue weighted by Gasteiger charge is -2.32. The van der Waals surface area contributed by atoms with E-state index in [9.17, 15) is 4.79 Å². The smallest absolute Gasteiger partial charge is 0.269 e. The van der Waals surface area contributed by atoms with Crippen molar-refractivity contribution in [3.63, 3.8) is 0 Å². The highest BCUT2D eigenvalue weighted by molar-refractivity contribution is 7.07. The summed E-state index contributed by atoms with van der Waals surface area (Å²) in [5, 5.41) is 5.28. The minimum Gasteiger partial charge on any atom is -0.348 e. The minimum absolute atomic E-state index is 0.00783. The maximum absolute atomic E-state index is 13.4. The largest absolute Gasteiger partial charge is 0.348 e. The van der Waals surface area contributed by atoms with Crippen molar-refractivity contribution >= 4 is 22.9 Å². The molecular weight excluding hydrogens is 466 g/mol. The number of aryl methyl sites for hydroxylation is 2. The molecule has 0 spiro atoms. The molecule has 0 atom stereocenters. The number of amides is 1. The highest BCUT2D eigenvalue weighted by Gasteiger charge is 2.23. The van der Waals surface area contributed by atoms with Crippen molar-refractivity contribution in [2.45, 2.75) is 65.1 Å². The Kier molecular flexibility index (Phi) is 9.50. The summed E-state index contributed by atoms with van der Waals surface area (Å²) in [4.78, 5) is 21.6. The minimum atomic E-state index is 0.00783. The van der Waals surface area contributed by atoms with Crippen molar-refractivity contribution in [1.29, 1.82) is 0 Å². The Morgan fingerprint density at radius 2 is 1.78 bits per heavy atom. The zero-order valence-electron chi connectivity index (χ0n) is 21.6. The van der Waals surface area contributed by atoms with Crippen molar-refractivity contribution in [3.8, 4) is 0 Å². The van der Waals surface area contributed by atoms with Gasteiger partial charge in [-0.3, -0.25) is 9.69 Å². The summed E-state index contributed by atoms with van der Waals surface area (Å²) in [5.41, 5.74) is 11.1. The number of aromatic nitrogens is 1. The Labute approximate surface area is 218 Å². The van der Waals surface area contributed by atoms with E-state index < -0.39 is 0 Å². The molecule has 1 fully saturated rings. The first-order valence-corrected chi connectivity index (χ1v) is 14.0. The second kappa shape index (κ2) is 13.0. The Balaban J connectivity index is 1.44. The third-order valence-electron chi connectivity index (χ3n) is 6.72. The third kappa shape index (κ3) is 7.38. The summed E-state index contributed by atoms with van der Waals surface area (Å²) in [6, 6.07) is 17.1. The fourth-order valence-corrected chi connectivity index (χ4v) is 5.80. The van der Waals surface area contributed by atoms with Crippen LogP contribution in [0.2, 0.25) is 0 Å². The van der Waals surface area contributed by atoms with Gasteiger partial charge in [-0.1, -0.05) is 42.8 Å². The van der Waals surface area contributed by atoms with Gasteiger partial charge in [0.05, 0.1) is 5.69 Å². The number of piperidine rings is 1. The first-order chi connectivity index (χ1) is 17.5. The molecule has 0 bridgehead atoms. The van der Waals surface area contributed by atoms with Crippen molar-refractivity contribution in [3.05, 3.63) is 81.1 Å². The second-order valence-electron chi connectivity index (χ2n) is 9.87. The normalized spacial score (nSPS) is 15.4. The topological polar surface area (TPSA) is 75.7 Å².